The molecule has 2 atom stereocenters. The second-order valence-corrected chi connectivity index (χ2v) is 6.17. The van der Waals surface area contributed by atoms with Crippen molar-refractivity contribution in [3.63, 3.8) is 0 Å². The van der Waals surface area contributed by atoms with Crippen molar-refractivity contribution in [2.24, 2.45) is 5.92 Å². The zero-order valence-electron chi connectivity index (χ0n) is 12.8. The van der Waals surface area contributed by atoms with Crippen molar-refractivity contribution >= 4 is 5.69 Å². The van der Waals surface area contributed by atoms with Gasteiger partial charge in [0.25, 0.3) is 5.89 Å². The van der Waals surface area contributed by atoms with Crippen molar-refractivity contribution in [1.29, 1.82) is 0 Å². The van der Waals surface area contributed by atoms with Crippen molar-refractivity contribution < 1.29 is 4.52 Å². The van der Waals surface area contributed by atoms with Crippen molar-refractivity contribution in [3.05, 3.63) is 29.6 Å². The first-order valence-electron chi connectivity index (χ1n) is 7.87. The zero-order chi connectivity index (χ0) is 14.8. The lowest BCUT2D eigenvalue weighted by atomic mass is 9.80. The van der Waals surface area contributed by atoms with Crippen LogP contribution in [0.4, 0.5) is 5.69 Å². The van der Waals surface area contributed by atoms with Crippen LogP contribution in [0.2, 0.25) is 0 Å². The summed E-state index contributed by atoms with van der Waals surface area (Å²) in [6.45, 7) is 4.26. The molecule has 2 aromatic rings. The highest BCUT2D eigenvalue weighted by Crippen LogP contribution is 2.37. The summed E-state index contributed by atoms with van der Waals surface area (Å²) in [4.78, 5) is 4.63. The van der Waals surface area contributed by atoms with Gasteiger partial charge in [-0.15, -0.1) is 0 Å². The van der Waals surface area contributed by atoms with Crippen LogP contribution >= 0.6 is 0 Å². The van der Waals surface area contributed by atoms with E-state index in [1.807, 2.05) is 25.1 Å². The lowest BCUT2D eigenvalue weighted by molar-refractivity contribution is 0.300. The minimum atomic E-state index is 0.455. The summed E-state index contributed by atoms with van der Waals surface area (Å²) in [6, 6.07) is 5.83. The third kappa shape index (κ3) is 2.94. The molecule has 21 heavy (non-hydrogen) atoms. The summed E-state index contributed by atoms with van der Waals surface area (Å²) in [7, 11) is 0. The predicted octanol–water partition coefficient (Wildman–Crippen LogP) is 4.31. The van der Waals surface area contributed by atoms with Crippen molar-refractivity contribution in [1.82, 2.24) is 10.1 Å². The summed E-state index contributed by atoms with van der Waals surface area (Å²) >= 11 is 0. The Bertz CT molecular complexity index is 620. The zero-order valence-corrected chi connectivity index (χ0v) is 12.8. The minimum absolute atomic E-state index is 0.455. The summed E-state index contributed by atoms with van der Waals surface area (Å²) in [5, 5.41) is 4.22. The molecule has 1 heterocycles. The number of aromatic nitrogens is 2. The van der Waals surface area contributed by atoms with Crippen LogP contribution in [0.15, 0.2) is 22.7 Å². The van der Waals surface area contributed by atoms with Gasteiger partial charge in [0.05, 0.1) is 0 Å². The molecule has 0 bridgehead atoms. The van der Waals surface area contributed by atoms with Crippen molar-refractivity contribution in [3.8, 4) is 11.5 Å². The second-order valence-electron chi connectivity index (χ2n) is 6.17. The monoisotopic (exact) mass is 285 g/mol. The van der Waals surface area contributed by atoms with Crippen LogP contribution < -0.4 is 5.73 Å². The van der Waals surface area contributed by atoms with E-state index in [0.29, 0.717) is 11.8 Å². The first kappa shape index (κ1) is 14.1. The van der Waals surface area contributed by atoms with Crippen LogP contribution in [0, 0.1) is 12.8 Å². The largest absolute Gasteiger partial charge is 0.399 e. The molecule has 2 unspecified atom stereocenters. The van der Waals surface area contributed by atoms with Gasteiger partial charge in [0.2, 0.25) is 0 Å². The molecule has 4 nitrogen and oxygen atoms in total. The van der Waals surface area contributed by atoms with Crippen LogP contribution in [0.3, 0.4) is 0 Å². The van der Waals surface area contributed by atoms with Gasteiger partial charge in [-0.3, -0.25) is 0 Å². The maximum Gasteiger partial charge on any atom is 0.257 e. The highest BCUT2D eigenvalue weighted by molar-refractivity contribution is 5.60. The molecule has 0 radical (unpaired) electrons. The van der Waals surface area contributed by atoms with E-state index < -0.39 is 0 Å². The van der Waals surface area contributed by atoms with E-state index in [1.54, 1.807) is 0 Å². The molecule has 1 aromatic heterocycles. The van der Waals surface area contributed by atoms with Gasteiger partial charge in [0.1, 0.15) is 0 Å². The molecule has 1 fully saturated rings. The molecule has 3 rings (SSSR count). The SMILES string of the molecule is CCC1CCCC(c2noc(-c3ccc(N)c(C)c3)n2)C1. The number of hydrogen-bond acceptors (Lipinski definition) is 4. The average molecular weight is 285 g/mol. The number of anilines is 1. The van der Waals surface area contributed by atoms with Crippen molar-refractivity contribution in [2.75, 3.05) is 5.73 Å². The van der Waals surface area contributed by atoms with Gasteiger partial charge in [-0.25, -0.2) is 0 Å². The standard InChI is InChI=1S/C17H23N3O/c1-3-12-5-4-6-13(10-12)16-19-17(21-20-16)14-7-8-15(18)11(2)9-14/h7-9,12-13H,3-6,10,18H2,1-2H3. The number of nitrogens with zero attached hydrogens (tertiary/aromatic N) is 2. The number of nitrogen functional groups attached to an aromatic ring is 1. The Morgan fingerprint density at radius 2 is 2.19 bits per heavy atom. The normalized spacial score (nSPS) is 22.4. The van der Waals surface area contributed by atoms with E-state index in [9.17, 15) is 0 Å². The van der Waals surface area contributed by atoms with Crippen LogP contribution in [0.5, 0.6) is 0 Å². The summed E-state index contributed by atoms with van der Waals surface area (Å²) in [5.41, 5.74) is 8.63. The predicted molar refractivity (Wildman–Crippen MR) is 83.9 cm³/mol. The van der Waals surface area contributed by atoms with Crippen molar-refractivity contribution in [2.45, 2.75) is 51.9 Å². The Balaban J connectivity index is 1.81. The van der Waals surface area contributed by atoms with Gasteiger partial charge in [0.15, 0.2) is 5.82 Å². The van der Waals surface area contributed by atoms with Crippen LogP contribution in [-0.4, -0.2) is 10.1 Å². The Labute approximate surface area is 125 Å². The molecule has 0 spiro atoms. The number of aryl methyl sites for hydroxylation is 1. The lowest BCUT2D eigenvalue weighted by Crippen LogP contribution is -2.14. The topological polar surface area (TPSA) is 64.9 Å². The molecule has 0 aliphatic heterocycles. The molecule has 2 N–H and O–H groups in total. The highest BCUT2D eigenvalue weighted by Gasteiger charge is 2.26. The van der Waals surface area contributed by atoms with E-state index in [2.05, 4.69) is 17.1 Å². The van der Waals surface area contributed by atoms with Crippen LogP contribution in [0.1, 0.15) is 56.3 Å². The Morgan fingerprint density at radius 3 is 2.95 bits per heavy atom. The number of hydrogen-bond donors (Lipinski definition) is 1. The first-order valence-corrected chi connectivity index (χ1v) is 7.87. The fourth-order valence-corrected chi connectivity index (χ4v) is 3.22. The van der Waals surface area contributed by atoms with E-state index >= 15 is 0 Å². The third-order valence-electron chi connectivity index (χ3n) is 4.68. The molecule has 112 valence electrons. The van der Waals surface area contributed by atoms with E-state index in [4.69, 9.17) is 10.3 Å². The molecule has 1 aromatic carbocycles. The second kappa shape index (κ2) is 5.88. The molecule has 0 saturated heterocycles. The number of nitrogens with two attached hydrogens (primary N) is 1. The Hall–Kier alpha value is -1.84. The molecule has 0 amide bonds. The first-order chi connectivity index (χ1) is 10.2. The fourth-order valence-electron chi connectivity index (χ4n) is 3.22. The van der Waals surface area contributed by atoms with Gasteiger partial charge in [-0.1, -0.05) is 31.3 Å². The Morgan fingerprint density at radius 1 is 1.33 bits per heavy atom. The maximum atomic E-state index is 5.85. The lowest BCUT2D eigenvalue weighted by Gasteiger charge is -2.26. The van der Waals surface area contributed by atoms with Crippen LogP contribution in [-0.2, 0) is 0 Å². The van der Waals surface area contributed by atoms with E-state index in [1.165, 1.54) is 32.1 Å². The minimum Gasteiger partial charge on any atom is -0.399 e. The third-order valence-corrected chi connectivity index (χ3v) is 4.68. The van der Waals surface area contributed by atoms with Gasteiger partial charge < -0.3 is 10.3 Å². The average Bonchev–Trinajstić information content (AvgIpc) is 3.00. The summed E-state index contributed by atoms with van der Waals surface area (Å²) in [5.74, 6) is 2.74. The fraction of sp³-hybridized carbons (Fsp3) is 0.529. The maximum absolute atomic E-state index is 5.85. The van der Waals surface area contributed by atoms with Gasteiger partial charge in [-0.05, 0) is 49.4 Å². The Kier molecular flexibility index (Phi) is 3.95. The molecule has 1 aliphatic carbocycles. The smallest absolute Gasteiger partial charge is 0.257 e. The summed E-state index contributed by atoms with van der Waals surface area (Å²) in [6.07, 6.45) is 6.23. The number of rotatable bonds is 3. The van der Waals surface area contributed by atoms with Gasteiger partial charge in [-0.2, -0.15) is 4.98 Å². The van der Waals surface area contributed by atoms with Crippen LogP contribution in [0.25, 0.3) is 11.5 Å². The highest BCUT2D eigenvalue weighted by atomic mass is 16.5. The van der Waals surface area contributed by atoms with E-state index in [0.717, 1.165) is 28.6 Å². The molecule has 1 aliphatic rings. The van der Waals surface area contributed by atoms with Gasteiger partial charge in [0, 0.05) is 17.2 Å². The summed E-state index contributed by atoms with van der Waals surface area (Å²) < 4.78 is 5.47. The van der Waals surface area contributed by atoms with Gasteiger partial charge >= 0.3 is 0 Å². The molecule has 4 heteroatoms. The molecular formula is C17H23N3O. The molecule has 1 saturated carbocycles. The molecular weight excluding hydrogens is 262 g/mol. The number of benzene rings is 1. The quantitative estimate of drug-likeness (QED) is 0.853. The van der Waals surface area contributed by atoms with E-state index in [-0.39, 0.29) is 0 Å².